The quantitative estimate of drug-likeness (QED) is 0.887. The Labute approximate surface area is 151 Å². The van der Waals surface area contributed by atoms with Crippen LogP contribution in [0.4, 0.5) is 0 Å². The van der Waals surface area contributed by atoms with Gasteiger partial charge in [0.2, 0.25) is 0 Å². The van der Waals surface area contributed by atoms with Crippen molar-refractivity contribution in [1.82, 2.24) is 4.90 Å². The van der Waals surface area contributed by atoms with Crippen LogP contribution in [0.15, 0.2) is 29.8 Å². The number of piperidine rings is 1. The fraction of sp³-hybridized carbons (Fsp3) is 0.636. The van der Waals surface area contributed by atoms with Gasteiger partial charge in [-0.1, -0.05) is 42.3 Å². The van der Waals surface area contributed by atoms with E-state index in [1.807, 2.05) is 0 Å². The molecule has 2 unspecified atom stereocenters. The highest BCUT2D eigenvalue weighted by Gasteiger charge is 2.27. The normalized spacial score (nSPS) is 26.4. The minimum absolute atomic E-state index is 0.275. The molecule has 2 atom stereocenters. The smallest absolute Gasteiger partial charge is 0.0631 e. The van der Waals surface area contributed by atoms with Crippen molar-refractivity contribution in [2.24, 2.45) is 5.92 Å². The third-order valence-corrected chi connectivity index (χ3v) is 6.34. The minimum Gasteiger partial charge on any atom is -0.392 e. The lowest BCUT2D eigenvalue weighted by atomic mass is 9.89. The molecule has 1 saturated carbocycles. The molecule has 1 aromatic carbocycles. The number of aliphatic hydroxyl groups excluding tert-OH is 1. The van der Waals surface area contributed by atoms with Crippen LogP contribution in [0.2, 0.25) is 0 Å². The summed E-state index contributed by atoms with van der Waals surface area (Å²) in [6, 6.07) is 9.65. The second kappa shape index (κ2) is 8.03. The van der Waals surface area contributed by atoms with Crippen molar-refractivity contribution in [3.63, 3.8) is 0 Å². The zero-order chi connectivity index (χ0) is 17.1. The van der Waals surface area contributed by atoms with Crippen molar-refractivity contribution in [3.05, 3.63) is 41.0 Å². The van der Waals surface area contributed by atoms with Gasteiger partial charge < -0.3 is 9.84 Å². The molecule has 2 aliphatic heterocycles. The molecule has 3 nitrogen and oxygen atoms in total. The number of hydrogen-bond acceptors (Lipinski definition) is 3. The highest BCUT2D eigenvalue weighted by atomic mass is 16.5. The average Bonchev–Trinajstić information content (AvgIpc) is 3.11. The first-order chi connectivity index (χ1) is 12.3. The predicted molar refractivity (Wildman–Crippen MR) is 102 cm³/mol. The van der Waals surface area contributed by atoms with Crippen molar-refractivity contribution in [2.75, 3.05) is 26.3 Å². The molecule has 2 heterocycles. The van der Waals surface area contributed by atoms with E-state index in [-0.39, 0.29) is 6.10 Å². The molecule has 1 aromatic rings. The number of benzene rings is 1. The average molecular weight is 341 g/mol. The molecule has 3 aliphatic rings. The first-order valence-corrected chi connectivity index (χ1v) is 10.1. The van der Waals surface area contributed by atoms with Crippen molar-refractivity contribution < 1.29 is 9.84 Å². The first-order valence-electron chi connectivity index (χ1n) is 10.1. The topological polar surface area (TPSA) is 32.7 Å². The molecule has 25 heavy (non-hydrogen) atoms. The maximum absolute atomic E-state index is 10.3. The molecule has 4 rings (SSSR count). The van der Waals surface area contributed by atoms with E-state index in [0.29, 0.717) is 12.5 Å². The highest BCUT2D eigenvalue weighted by Crippen LogP contribution is 2.29. The maximum Gasteiger partial charge on any atom is 0.0631 e. The molecular formula is C22H31NO2. The Bertz CT molecular complexity index is 575. The molecule has 0 spiro atoms. The Morgan fingerprint density at radius 2 is 1.88 bits per heavy atom. The lowest BCUT2D eigenvalue weighted by molar-refractivity contribution is 0.0919. The molecule has 0 radical (unpaired) electrons. The van der Waals surface area contributed by atoms with Gasteiger partial charge in [0, 0.05) is 31.7 Å². The van der Waals surface area contributed by atoms with E-state index in [9.17, 15) is 5.11 Å². The highest BCUT2D eigenvalue weighted by molar-refractivity contribution is 5.53. The number of ether oxygens (including phenoxy) is 1. The standard InChI is InChI=1S/C22H31NO2/c24-22(20-10-13-25-16-20)15-18-6-4-17(5-7-18)14-19-8-11-23(12-9-19)21-2-1-3-21/h4-7,14,20-22,24H,1-3,8-13,15-16H2. The summed E-state index contributed by atoms with van der Waals surface area (Å²) < 4.78 is 5.38. The van der Waals surface area contributed by atoms with Crippen LogP contribution >= 0.6 is 0 Å². The summed E-state index contributed by atoms with van der Waals surface area (Å²) in [6.45, 7) is 3.99. The second-order valence-corrected chi connectivity index (χ2v) is 8.06. The number of likely N-dealkylation sites (tertiary alicyclic amines) is 1. The largest absolute Gasteiger partial charge is 0.392 e. The van der Waals surface area contributed by atoms with E-state index < -0.39 is 0 Å². The molecule has 3 heteroatoms. The molecule has 3 fully saturated rings. The summed E-state index contributed by atoms with van der Waals surface area (Å²) in [5.41, 5.74) is 4.11. The summed E-state index contributed by atoms with van der Waals surface area (Å²) in [7, 11) is 0. The van der Waals surface area contributed by atoms with Crippen LogP contribution in [0, 0.1) is 5.92 Å². The Hall–Kier alpha value is -1.16. The summed E-state index contributed by atoms with van der Waals surface area (Å²) >= 11 is 0. The third-order valence-electron chi connectivity index (χ3n) is 6.34. The van der Waals surface area contributed by atoms with Crippen molar-refractivity contribution in [2.45, 2.75) is 57.1 Å². The lowest BCUT2D eigenvalue weighted by Gasteiger charge is -2.40. The molecule has 2 saturated heterocycles. The fourth-order valence-electron chi connectivity index (χ4n) is 4.32. The van der Waals surface area contributed by atoms with E-state index >= 15 is 0 Å². The number of rotatable bonds is 5. The zero-order valence-corrected chi connectivity index (χ0v) is 15.2. The number of aliphatic hydroxyl groups is 1. The van der Waals surface area contributed by atoms with Gasteiger partial charge in [-0.15, -0.1) is 0 Å². The predicted octanol–water partition coefficient (Wildman–Crippen LogP) is 3.66. The van der Waals surface area contributed by atoms with Gasteiger partial charge in [0.1, 0.15) is 0 Å². The fourth-order valence-corrected chi connectivity index (χ4v) is 4.32. The monoisotopic (exact) mass is 341 g/mol. The molecular weight excluding hydrogens is 310 g/mol. The van der Waals surface area contributed by atoms with Gasteiger partial charge in [0.15, 0.2) is 0 Å². The summed E-state index contributed by atoms with van der Waals surface area (Å²) in [5, 5.41) is 10.3. The van der Waals surface area contributed by atoms with E-state index in [0.717, 1.165) is 25.5 Å². The van der Waals surface area contributed by atoms with Crippen LogP contribution in [0.3, 0.4) is 0 Å². The van der Waals surface area contributed by atoms with Gasteiger partial charge in [-0.25, -0.2) is 0 Å². The molecule has 1 aliphatic carbocycles. The van der Waals surface area contributed by atoms with Crippen LogP contribution < -0.4 is 0 Å². The van der Waals surface area contributed by atoms with Crippen LogP contribution in [-0.2, 0) is 11.2 Å². The van der Waals surface area contributed by atoms with Crippen LogP contribution in [0.5, 0.6) is 0 Å². The Kier molecular flexibility index (Phi) is 5.54. The van der Waals surface area contributed by atoms with E-state index in [1.165, 1.54) is 56.3 Å². The minimum atomic E-state index is -0.275. The zero-order valence-electron chi connectivity index (χ0n) is 15.2. The van der Waals surface area contributed by atoms with Gasteiger partial charge in [0.05, 0.1) is 12.7 Å². The summed E-state index contributed by atoms with van der Waals surface area (Å²) in [5.74, 6) is 0.308. The Morgan fingerprint density at radius 3 is 2.48 bits per heavy atom. The van der Waals surface area contributed by atoms with Gasteiger partial charge in [-0.3, -0.25) is 4.90 Å². The molecule has 0 amide bonds. The van der Waals surface area contributed by atoms with Gasteiger partial charge in [-0.2, -0.15) is 0 Å². The second-order valence-electron chi connectivity index (χ2n) is 8.06. The van der Waals surface area contributed by atoms with E-state index in [4.69, 9.17) is 4.74 Å². The van der Waals surface area contributed by atoms with Crippen molar-refractivity contribution >= 4 is 6.08 Å². The number of hydrogen-bond donors (Lipinski definition) is 1. The molecule has 0 aromatic heterocycles. The number of nitrogens with zero attached hydrogens (tertiary/aromatic N) is 1. The first kappa shape index (κ1) is 17.3. The Balaban J connectivity index is 1.29. The van der Waals surface area contributed by atoms with Crippen LogP contribution in [-0.4, -0.2) is 48.5 Å². The van der Waals surface area contributed by atoms with Gasteiger partial charge in [-0.05, 0) is 49.7 Å². The van der Waals surface area contributed by atoms with Crippen molar-refractivity contribution in [1.29, 1.82) is 0 Å². The Morgan fingerprint density at radius 1 is 1.12 bits per heavy atom. The van der Waals surface area contributed by atoms with Crippen LogP contribution in [0.1, 0.15) is 49.7 Å². The van der Waals surface area contributed by atoms with Gasteiger partial charge in [0.25, 0.3) is 0 Å². The van der Waals surface area contributed by atoms with Crippen LogP contribution in [0.25, 0.3) is 6.08 Å². The third kappa shape index (κ3) is 4.33. The molecule has 1 N–H and O–H groups in total. The SMILES string of the molecule is OC(Cc1ccc(C=C2CCN(C3CCC3)CC2)cc1)C1CCOC1. The summed E-state index contributed by atoms with van der Waals surface area (Å²) in [4.78, 5) is 2.69. The molecule has 136 valence electrons. The van der Waals surface area contributed by atoms with E-state index in [2.05, 4.69) is 35.2 Å². The maximum atomic E-state index is 10.3. The van der Waals surface area contributed by atoms with E-state index in [1.54, 1.807) is 5.57 Å². The summed E-state index contributed by atoms with van der Waals surface area (Å²) in [6.07, 6.45) is 10.5. The van der Waals surface area contributed by atoms with Crippen molar-refractivity contribution in [3.8, 4) is 0 Å². The molecule has 0 bridgehead atoms. The lowest BCUT2D eigenvalue weighted by Crippen LogP contribution is -2.43. The van der Waals surface area contributed by atoms with Gasteiger partial charge >= 0.3 is 0 Å².